The van der Waals surface area contributed by atoms with Gasteiger partial charge in [0.15, 0.2) is 18.8 Å². The van der Waals surface area contributed by atoms with Crippen molar-refractivity contribution >= 4 is 6.29 Å². The molecular weight excluding hydrogens is 252 g/mol. The summed E-state index contributed by atoms with van der Waals surface area (Å²) in [5.74, 6) is 0.410. The molecule has 0 rings (SSSR count). The van der Waals surface area contributed by atoms with E-state index in [2.05, 4.69) is 13.8 Å². The first kappa shape index (κ1) is 19.2. The number of carbonyl (C=O) groups excluding carboxylic acids is 1. The molecule has 0 amide bonds. The second-order valence-corrected chi connectivity index (χ2v) is 5.16. The molecule has 0 saturated carbocycles. The molecule has 20 heavy (non-hydrogen) atoms. The van der Waals surface area contributed by atoms with Crippen LogP contribution in [0.2, 0.25) is 0 Å². The van der Waals surface area contributed by atoms with Crippen molar-refractivity contribution in [2.24, 2.45) is 0 Å². The van der Waals surface area contributed by atoms with E-state index in [1.807, 2.05) is 6.08 Å². The molecular formula is C17H32O3. The van der Waals surface area contributed by atoms with Crippen molar-refractivity contribution in [2.45, 2.75) is 78.1 Å². The van der Waals surface area contributed by atoms with Gasteiger partial charge in [-0.05, 0) is 25.3 Å². The Balaban J connectivity index is 3.46. The summed E-state index contributed by atoms with van der Waals surface area (Å²) in [5.41, 5.74) is 0. The standard InChI is InChI=1S/C17H32O3/c1-3-5-7-8-9-10-11-12-13-17(15-18)20-16-19-14-6-4-2/h13,15H,3-12,14,16H2,1-2H3. The van der Waals surface area contributed by atoms with Gasteiger partial charge in [0.25, 0.3) is 0 Å². The van der Waals surface area contributed by atoms with Gasteiger partial charge in [-0.15, -0.1) is 0 Å². The van der Waals surface area contributed by atoms with E-state index in [9.17, 15) is 4.79 Å². The SMILES string of the molecule is CCCCCCCCCC=C(C=O)OCOCCCC. The predicted octanol–water partition coefficient (Wildman–Crippen LogP) is 5.00. The summed E-state index contributed by atoms with van der Waals surface area (Å²) < 4.78 is 10.5. The maximum atomic E-state index is 10.8. The number of allylic oxidation sites excluding steroid dienone is 2. The second-order valence-electron chi connectivity index (χ2n) is 5.16. The van der Waals surface area contributed by atoms with Crippen molar-refractivity contribution in [2.75, 3.05) is 13.4 Å². The third kappa shape index (κ3) is 13.6. The van der Waals surface area contributed by atoms with Crippen molar-refractivity contribution in [1.29, 1.82) is 0 Å². The van der Waals surface area contributed by atoms with Crippen LogP contribution in [-0.4, -0.2) is 19.7 Å². The average molecular weight is 284 g/mol. The Hall–Kier alpha value is -0.830. The third-order valence-electron chi connectivity index (χ3n) is 3.22. The summed E-state index contributed by atoms with van der Waals surface area (Å²) in [5, 5.41) is 0. The third-order valence-corrected chi connectivity index (χ3v) is 3.22. The molecule has 3 nitrogen and oxygen atoms in total. The van der Waals surface area contributed by atoms with Crippen LogP contribution in [0.4, 0.5) is 0 Å². The van der Waals surface area contributed by atoms with E-state index in [4.69, 9.17) is 9.47 Å². The van der Waals surface area contributed by atoms with Crippen LogP contribution in [0.5, 0.6) is 0 Å². The first-order valence-electron chi connectivity index (χ1n) is 8.21. The Labute approximate surface area is 124 Å². The minimum absolute atomic E-state index is 0.182. The van der Waals surface area contributed by atoms with Crippen LogP contribution in [0.15, 0.2) is 11.8 Å². The van der Waals surface area contributed by atoms with Crippen molar-refractivity contribution in [3.05, 3.63) is 11.8 Å². The molecule has 0 bridgehead atoms. The number of hydrogen-bond acceptors (Lipinski definition) is 3. The summed E-state index contributed by atoms with van der Waals surface area (Å²) in [6, 6.07) is 0. The highest BCUT2D eigenvalue weighted by Gasteiger charge is 1.96. The smallest absolute Gasteiger partial charge is 0.189 e. The Morgan fingerprint density at radius 2 is 1.55 bits per heavy atom. The van der Waals surface area contributed by atoms with Crippen LogP contribution in [0.1, 0.15) is 78.1 Å². The van der Waals surface area contributed by atoms with Gasteiger partial charge in [-0.2, -0.15) is 0 Å². The zero-order valence-corrected chi connectivity index (χ0v) is 13.4. The number of carbonyl (C=O) groups is 1. The lowest BCUT2D eigenvalue weighted by atomic mass is 10.1. The molecule has 3 heteroatoms. The largest absolute Gasteiger partial charge is 0.464 e. The first-order chi connectivity index (χ1) is 9.85. The summed E-state index contributed by atoms with van der Waals surface area (Å²) >= 11 is 0. The molecule has 0 aliphatic carbocycles. The van der Waals surface area contributed by atoms with E-state index in [0.29, 0.717) is 12.4 Å². The Morgan fingerprint density at radius 1 is 0.900 bits per heavy atom. The van der Waals surface area contributed by atoms with Crippen LogP contribution >= 0.6 is 0 Å². The van der Waals surface area contributed by atoms with Crippen molar-refractivity contribution < 1.29 is 14.3 Å². The van der Waals surface area contributed by atoms with Crippen molar-refractivity contribution in [3.8, 4) is 0 Å². The van der Waals surface area contributed by atoms with Gasteiger partial charge in [0.1, 0.15) is 0 Å². The molecule has 0 heterocycles. The van der Waals surface area contributed by atoms with Crippen LogP contribution in [-0.2, 0) is 14.3 Å². The number of unbranched alkanes of at least 4 members (excludes halogenated alkanes) is 8. The molecule has 0 aromatic heterocycles. The van der Waals surface area contributed by atoms with Crippen LogP contribution in [0.25, 0.3) is 0 Å². The quantitative estimate of drug-likeness (QED) is 0.139. The molecule has 0 fully saturated rings. The number of aldehydes is 1. The normalized spacial score (nSPS) is 11.6. The monoisotopic (exact) mass is 284 g/mol. The van der Waals surface area contributed by atoms with Gasteiger partial charge in [-0.1, -0.05) is 58.8 Å². The fourth-order valence-electron chi connectivity index (χ4n) is 1.90. The first-order valence-corrected chi connectivity index (χ1v) is 8.21. The second kappa shape index (κ2) is 16.2. The van der Waals surface area contributed by atoms with E-state index < -0.39 is 0 Å². The lowest BCUT2D eigenvalue weighted by Gasteiger charge is -2.06. The van der Waals surface area contributed by atoms with Crippen LogP contribution < -0.4 is 0 Å². The molecule has 0 unspecified atom stereocenters. The Bertz CT molecular complexity index is 236. The lowest BCUT2D eigenvalue weighted by molar-refractivity contribution is -0.111. The lowest BCUT2D eigenvalue weighted by Crippen LogP contribution is -2.02. The topological polar surface area (TPSA) is 35.5 Å². The van der Waals surface area contributed by atoms with Gasteiger partial charge in [-0.3, -0.25) is 4.79 Å². The molecule has 0 aliphatic rings. The van der Waals surface area contributed by atoms with Crippen LogP contribution in [0.3, 0.4) is 0 Å². The molecule has 0 radical (unpaired) electrons. The number of rotatable bonds is 15. The van der Waals surface area contributed by atoms with Gasteiger partial charge in [-0.25, -0.2) is 0 Å². The van der Waals surface area contributed by atoms with Crippen molar-refractivity contribution in [3.63, 3.8) is 0 Å². The fraction of sp³-hybridized carbons (Fsp3) is 0.824. The molecule has 0 N–H and O–H groups in total. The fourth-order valence-corrected chi connectivity index (χ4v) is 1.90. The van der Waals surface area contributed by atoms with E-state index in [1.165, 1.54) is 38.5 Å². The van der Waals surface area contributed by atoms with Gasteiger partial charge in [0.2, 0.25) is 0 Å². The molecule has 0 aromatic carbocycles. The van der Waals surface area contributed by atoms with E-state index in [-0.39, 0.29) is 6.79 Å². The molecule has 0 atom stereocenters. The molecule has 0 saturated heterocycles. The van der Waals surface area contributed by atoms with Gasteiger partial charge >= 0.3 is 0 Å². The molecule has 0 aromatic rings. The van der Waals surface area contributed by atoms with Gasteiger partial charge in [0, 0.05) is 0 Å². The predicted molar refractivity (Wildman–Crippen MR) is 83.6 cm³/mol. The Kier molecular flexibility index (Phi) is 15.6. The minimum atomic E-state index is 0.182. The van der Waals surface area contributed by atoms with Gasteiger partial charge < -0.3 is 9.47 Å². The Morgan fingerprint density at radius 3 is 2.20 bits per heavy atom. The van der Waals surface area contributed by atoms with E-state index >= 15 is 0 Å². The highest BCUT2D eigenvalue weighted by atomic mass is 16.7. The maximum absolute atomic E-state index is 10.8. The zero-order chi connectivity index (χ0) is 14.9. The summed E-state index contributed by atoms with van der Waals surface area (Å²) in [6.45, 7) is 5.23. The molecule has 0 spiro atoms. The number of ether oxygens (including phenoxy) is 2. The maximum Gasteiger partial charge on any atom is 0.189 e. The summed E-state index contributed by atoms with van der Waals surface area (Å²) in [4.78, 5) is 10.8. The molecule has 0 aliphatic heterocycles. The zero-order valence-electron chi connectivity index (χ0n) is 13.4. The highest BCUT2D eigenvalue weighted by molar-refractivity contribution is 5.69. The summed E-state index contributed by atoms with van der Waals surface area (Å²) in [6.07, 6.45) is 14.7. The average Bonchev–Trinajstić information content (AvgIpc) is 2.47. The summed E-state index contributed by atoms with van der Waals surface area (Å²) in [7, 11) is 0. The highest BCUT2D eigenvalue weighted by Crippen LogP contribution is 2.09. The van der Waals surface area contributed by atoms with E-state index in [1.54, 1.807) is 0 Å². The van der Waals surface area contributed by atoms with Crippen molar-refractivity contribution in [1.82, 2.24) is 0 Å². The van der Waals surface area contributed by atoms with Crippen LogP contribution in [0, 0.1) is 0 Å². The van der Waals surface area contributed by atoms with E-state index in [0.717, 1.165) is 32.0 Å². The minimum Gasteiger partial charge on any atom is -0.464 e. The molecule has 118 valence electrons. The van der Waals surface area contributed by atoms with Gasteiger partial charge in [0.05, 0.1) is 6.61 Å². The number of hydrogen-bond donors (Lipinski definition) is 0.